The van der Waals surface area contributed by atoms with Gasteiger partial charge in [0.05, 0.1) is 0 Å². The van der Waals surface area contributed by atoms with Gasteiger partial charge in [0.25, 0.3) is 0 Å². The molecule has 0 aliphatic heterocycles. The lowest BCUT2D eigenvalue weighted by molar-refractivity contribution is -0.167. The van der Waals surface area contributed by atoms with E-state index in [-0.39, 0.29) is 31.1 Å². The maximum absolute atomic E-state index is 12.8. The van der Waals surface area contributed by atoms with Crippen LogP contribution in [-0.4, -0.2) is 37.2 Å². The summed E-state index contributed by atoms with van der Waals surface area (Å²) in [5.74, 6) is 1.60. The summed E-state index contributed by atoms with van der Waals surface area (Å²) in [4.78, 5) is 37.9. The Balaban J connectivity index is 4.32. The third-order valence-corrected chi connectivity index (χ3v) is 11.6. The molecule has 6 nitrogen and oxygen atoms in total. The largest absolute Gasteiger partial charge is 0.462 e. The van der Waals surface area contributed by atoms with E-state index in [1.54, 1.807) is 0 Å². The van der Waals surface area contributed by atoms with Crippen LogP contribution in [0, 0.1) is 17.8 Å². The third kappa shape index (κ3) is 45.5. The number of unbranched alkanes of at least 4 members (excludes halogenated alkanes) is 28. The van der Waals surface area contributed by atoms with Crippen LogP contribution in [0.25, 0.3) is 0 Å². The second-order valence-corrected chi connectivity index (χ2v) is 19.2. The van der Waals surface area contributed by atoms with Gasteiger partial charge in [-0.05, 0) is 37.0 Å². The fourth-order valence-electron chi connectivity index (χ4n) is 7.76. The van der Waals surface area contributed by atoms with Gasteiger partial charge in [0.15, 0.2) is 6.10 Å². The Morgan fingerprint density at radius 1 is 0.293 bits per heavy atom. The first-order valence-electron chi connectivity index (χ1n) is 25.6. The van der Waals surface area contributed by atoms with E-state index in [2.05, 4.69) is 41.5 Å². The molecule has 0 aromatic rings. The molecule has 0 spiro atoms. The molecule has 0 N–H and O–H groups in total. The van der Waals surface area contributed by atoms with Gasteiger partial charge in [0.1, 0.15) is 13.2 Å². The van der Waals surface area contributed by atoms with Gasteiger partial charge in [0, 0.05) is 19.3 Å². The van der Waals surface area contributed by atoms with Crippen molar-refractivity contribution in [3.05, 3.63) is 0 Å². The highest BCUT2D eigenvalue weighted by atomic mass is 16.6. The summed E-state index contributed by atoms with van der Waals surface area (Å²) >= 11 is 0. The van der Waals surface area contributed by atoms with Crippen molar-refractivity contribution in [1.82, 2.24) is 0 Å². The third-order valence-electron chi connectivity index (χ3n) is 11.6. The molecular weight excluding hydrogens is 721 g/mol. The lowest BCUT2D eigenvalue weighted by Crippen LogP contribution is -2.30. The van der Waals surface area contributed by atoms with Gasteiger partial charge in [-0.15, -0.1) is 0 Å². The molecule has 0 saturated carbocycles. The average molecular weight is 821 g/mol. The van der Waals surface area contributed by atoms with Crippen LogP contribution in [0.2, 0.25) is 0 Å². The van der Waals surface area contributed by atoms with Crippen LogP contribution in [0.1, 0.15) is 279 Å². The van der Waals surface area contributed by atoms with Crippen LogP contribution in [0.3, 0.4) is 0 Å². The summed E-state index contributed by atoms with van der Waals surface area (Å²) in [5, 5.41) is 0. The smallest absolute Gasteiger partial charge is 0.306 e. The molecule has 1 atom stereocenters. The van der Waals surface area contributed by atoms with Crippen molar-refractivity contribution in [2.75, 3.05) is 13.2 Å². The number of esters is 3. The highest BCUT2D eigenvalue weighted by molar-refractivity contribution is 5.71. The molecule has 344 valence electrons. The maximum atomic E-state index is 12.8. The first-order chi connectivity index (χ1) is 28.1. The van der Waals surface area contributed by atoms with E-state index in [1.165, 1.54) is 161 Å². The van der Waals surface area contributed by atoms with Crippen LogP contribution in [0.4, 0.5) is 0 Å². The molecule has 0 aliphatic carbocycles. The van der Waals surface area contributed by atoms with Gasteiger partial charge >= 0.3 is 17.9 Å². The Bertz CT molecular complexity index is 898. The summed E-state index contributed by atoms with van der Waals surface area (Å²) < 4.78 is 16.8. The van der Waals surface area contributed by atoms with E-state index in [0.29, 0.717) is 19.3 Å². The summed E-state index contributed by atoms with van der Waals surface area (Å²) in [5.41, 5.74) is 0. The first-order valence-corrected chi connectivity index (χ1v) is 25.6. The molecule has 0 unspecified atom stereocenters. The lowest BCUT2D eigenvalue weighted by atomic mass is 10.0. The Hall–Kier alpha value is -1.59. The summed E-state index contributed by atoms with van der Waals surface area (Å²) in [6.45, 7) is 13.7. The zero-order valence-corrected chi connectivity index (χ0v) is 39.8. The number of carbonyl (C=O) groups is 3. The predicted octanol–water partition coefficient (Wildman–Crippen LogP) is 16.4. The molecule has 0 amide bonds. The van der Waals surface area contributed by atoms with Gasteiger partial charge in [-0.1, -0.05) is 241 Å². The standard InChI is InChI=1S/C52H100O6/c1-46(2)38-32-26-20-14-9-7-8-10-17-23-29-35-41-50(53)56-44-49(58-52(55)43-37-31-25-19-13-16-22-28-34-40-48(5)6)45-57-51(54)42-36-30-24-18-12-11-15-21-27-33-39-47(3)4/h46-49H,7-45H2,1-6H3/t49-/m0/s1. The maximum Gasteiger partial charge on any atom is 0.306 e. The number of carbonyl (C=O) groups excluding carboxylic acids is 3. The molecule has 0 heterocycles. The molecule has 0 aromatic heterocycles. The van der Waals surface area contributed by atoms with Crippen LogP contribution >= 0.6 is 0 Å². The van der Waals surface area contributed by atoms with Gasteiger partial charge in [0.2, 0.25) is 0 Å². The number of ether oxygens (including phenoxy) is 3. The normalized spacial score (nSPS) is 12.2. The summed E-state index contributed by atoms with van der Waals surface area (Å²) in [6, 6.07) is 0. The van der Waals surface area contributed by atoms with E-state index in [1.807, 2.05) is 0 Å². The minimum absolute atomic E-state index is 0.0650. The lowest BCUT2D eigenvalue weighted by Gasteiger charge is -2.18. The minimum Gasteiger partial charge on any atom is -0.462 e. The number of hydrogen-bond donors (Lipinski definition) is 0. The van der Waals surface area contributed by atoms with Crippen molar-refractivity contribution in [3.63, 3.8) is 0 Å². The molecule has 0 saturated heterocycles. The van der Waals surface area contributed by atoms with Crippen LogP contribution < -0.4 is 0 Å². The highest BCUT2D eigenvalue weighted by Gasteiger charge is 2.19. The van der Waals surface area contributed by atoms with E-state index in [9.17, 15) is 14.4 Å². The molecule has 0 fully saturated rings. The minimum atomic E-state index is -0.762. The number of rotatable bonds is 45. The molecule has 0 radical (unpaired) electrons. The number of hydrogen-bond acceptors (Lipinski definition) is 6. The Morgan fingerprint density at radius 3 is 0.741 bits per heavy atom. The van der Waals surface area contributed by atoms with Gasteiger partial charge < -0.3 is 14.2 Å². The molecule has 6 heteroatoms. The SMILES string of the molecule is CC(C)CCCCCCCCCCCCCCC(=O)OC[C@@H](COC(=O)CCCCCCCCCCCCC(C)C)OC(=O)CCCCCCCCCCCC(C)C. The highest BCUT2D eigenvalue weighted by Crippen LogP contribution is 2.17. The first kappa shape index (κ1) is 56.4. The van der Waals surface area contributed by atoms with Crippen LogP contribution in [0.15, 0.2) is 0 Å². The van der Waals surface area contributed by atoms with E-state index < -0.39 is 6.10 Å². The monoisotopic (exact) mass is 821 g/mol. The Morgan fingerprint density at radius 2 is 0.500 bits per heavy atom. The molecule has 58 heavy (non-hydrogen) atoms. The molecule has 0 aromatic carbocycles. The van der Waals surface area contributed by atoms with Gasteiger partial charge in [-0.2, -0.15) is 0 Å². The zero-order valence-electron chi connectivity index (χ0n) is 39.8. The quantitative estimate of drug-likeness (QED) is 0.0346. The van der Waals surface area contributed by atoms with Gasteiger partial charge in [-0.3, -0.25) is 14.4 Å². The van der Waals surface area contributed by atoms with Crippen molar-refractivity contribution < 1.29 is 28.6 Å². The fourth-order valence-corrected chi connectivity index (χ4v) is 7.76. The van der Waals surface area contributed by atoms with Crippen molar-refractivity contribution in [2.45, 2.75) is 285 Å². The van der Waals surface area contributed by atoms with E-state index >= 15 is 0 Å². The second-order valence-electron chi connectivity index (χ2n) is 19.2. The van der Waals surface area contributed by atoms with Crippen molar-refractivity contribution in [1.29, 1.82) is 0 Å². The summed E-state index contributed by atoms with van der Waals surface area (Å²) in [6.07, 6.45) is 42.3. The Kier molecular flexibility index (Phi) is 42.3. The average Bonchev–Trinajstić information content (AvgIpc) is 3.18. The van der Waals surface area contributed by atoms with E-state index in [0.717, 1.165) is 75.5 Å². The second kappa shape index (κ2) is 43.5. The molecule has 0 aliphatic rings. The van der Waals surface area contributed by atoms with Crippen LogP contribution in [0.5, 0.6) is 0 Å². The molecule has 0 bridgehead atoms. The molecule has 0 rings (SSSR count). The van der Waals surface area contributed by atoms with Crippen molar-refractivity contribution in [2.24, 2.45) is 17.8 Å². The van der Waals surface area contributed by atoms with Crippen molar-refractivity contribution in [3.8, 4) is 0 Å². The van der Waals surface area contributed by atoms with E-state index in [4.69, 9.17) is 14.2 Å². The molecular formula is C52H100O6. The Labute approximate surface area is 361 Å². The zero-order chi connectivity index (χ0) is 42.7. The topological polar surface area (TPSA) is 78.9 Å². The fraction of sp³-hybridized carbons (Fsp3) is 0.942. The predicted molar refractivity (Wildman–Crippen MR) is 247 cm³/mol. The summed E-state index contributed by atoms with van der Waals surface area (Å²) in [7, 11) is 0. The van der Waals surface area contributed by atoms with Gasteiger partial charge in [-0.25, -0.2) is 0 Å². The van der Waals surface area contributed by atoms with Crippen LogP contribution in [-0.2, 0) is 28.6 Å². The van der Waals surface area contributed by atoms with Crippen molar-refractivity contribution >= 4 is 17.9 Å².